The van der Waals surface area contributed by atoms with Crippen LogP contribution in [-0.4, -0.2) is 4.98 Å². The summed E-state index contributed by atoms with van der Waals surface area (Å²) in [5, 5.41) is 1.01. The molecule has 0 radical (unpaired) electrons. The molecule has 1 aromatic heterocycles. The van der Waals surface area contributed by atoms with Crippen molar-refractivity contribution in [2.45, 2.75) is 33.1 Å². The number of aryl methyl sites for hydroxylation is 2. The van der Waals surface area contributed by atoms with Crippen LogP contribution in [0.5, 0.6) is 0 Å². The van der Waals surface area contributed by atoms with E-state index in [4.69, 9.17) is 0 Å². The minimum absolute atomic E-state index is 0.161. The van der Waals surface area contributed by atoms with Crippen molar-refractivity contribution in [3.8, 4) is 0 Å². The molecule has 0 fully saturated rings. The van der Waals surface area contributed by atoms with Crippen molar-refractivity contribution in [2.24, 2.45) is 0 Å². The SMILES string of the molecule is CCCCc1[nH]c2ccc(F)cc2c1C. The molecule has 0 saturated heterocycles. The van der Waals surface area contributed by atoms with Crippen molar-refractivity contribution in [3.05, 3.63) is 35.3 Å². The highest BCUT2D eigenvalue weighted by atomic mass is 19.1. The van der Waals surface area contributed by atoms with E-state index >= 15 is 0 Å². The Hall–Kier alpha value is -1.31. The first-order valence-electron chi connectivity index (χ1n) is 5.49. The highest BCUT2D eigenvalue weighted by Crippen LogP contribution is 2.23. The molecule has 0 atom stereocenters. The van der Waals surface area contributed by atoms with Gasteiger partial charge in [-0.15, -0.1) is 0 Å². The van der Waals surface area contributed by atoms with Gasteiger partial charge in [0.05, 0.1) is 0 Å². The Labute approximate surface area is 89.3 Å². The van der Waals surface area contributed by atoms with Crippen molar-refractivity contribution >= 4 is 10.9 Å². The van der Waals surface area contributed by atoms with Gasteiger partial charge >= 0.3 is 0 Å². The number of hydrogen-bond acceptors (Lipinski definition) is 0. The van der Waals surface area contributed by atoms with Crippen LogP contribution in [0.25, 0.3) is 10.9 Å². The molecule has 1 N–H and O–H groups in total. The third kappa shape index (κ3) is 1.89. The number of nitrogens with one attached hydrogen (secondary N) is 1. The Morgan fingerprint density at radius 2 is 2.13 bits per heavy atom. The monoisotopic (exact) mass is 205 g/mol. The Kier molecular flexibility index (Phi) is 2.76. The second-order valence-electron chi connectivity index (χ2n) is 4.02. The van der Waals surface area contributed by atoms with E-state index in [1.807, 2.05) is 6.07 Å². The number of halogens is 1. The lowest BCUT2D eigenvalue weighted by molar-refractivity contribution is 0.629. The predicted molar refractivity (Wildman–Crippen MR) is 61.6 cm³/mol. The van der Waals surface area contributed by atoms with Gasteiger partial charge < -0.3 is 4.98 Å². The van der Waals surface area contributed by atoms with E-state index in [0.29, 0.717) is 0 Å². The molecule has 0 amide bonds. The van der Waals surface area contributed by atoms with Crippen LogP contribution < -0.4 is 0 Å². The molecular weight excluding hydrogens is 189 g/mol. The summed E-state index contributed by atoms with van der Waals surface area (Å²) in [6.07, 6.45) is 3.41. The molecule has 0 saturated carbocycles. The number of H-pyrrole nitrogens is 1. The number of aromatic nitrogens is 1. The smallest absolute Gasteiger partial charge is 0.123 e. The van der Waals surface area contributed by atoms with Gasteiger partial charge in [0.2, 0.25) is 0 Å². The average molecular weight is 205 g/mol. The maximum atomic E-state index is 13.1. The van der Waals surface area contributed by atoms with E-state index in [1.165, 1.54) is 30.2 Å². The maximum absolute atomic E-state index is 13.1. The summed E-state index contributed by atoms with van der Waals surface area (Å²) in [4.78, 5) is 3.36. The second-order valence-corrected chi connectivity index (χ2v) is 4.02. The van der Waals surface area contributed by atoms with Crippen LogP contribution >= 0.6 is 0 Å². The van der Waals surface area contributed by atoms with Crippen LogP contribution in [0.15, 0.2) is 18.2 Å². The fourth-order valence-corrected chi connectivity index (χ4v) is 1.96. The fraction of sp³-hybridized carbons (Fsp3) is 0.385. The van der Waals surface area contributed by atoms with E-state index in [0.717, 1.165) is 17.3 Å². The van der Waals surface area contributed by atoms with Crippen LogP contribution in [0.4, 0.5) is 4.39 Å². The lowest BCUT2D eigenvalue weighted by atomic mass is 10.1. The third-order valence-electron chi connectivity index (χ3n) is 2.90. The number of unbranched alkanes of at least 4 members (excludes halogenated alkanes) is 1. The Morgan fingerprint density at radius 1 is 1.33 bits per heavy atom. The molecule has 15 heavy (non-hydrogen) atoms. The lowest BCUT2D eigenvalue weighted by Gasteiger charge is -1.97. The van der Waals surface area contributed by atoms with E-state index < -0.39 is 0 Å². The molecular formula is C13H16FN. The van der Waals surface area contributed by atoms with Gasteiger partial charge in [-0.05, 0) is 43.5 Å². The summed E-state index contributed by atoms with van der Waals surface area (Å²) in [5.41, 5.74) is 3.48. The molecule has 0 unspecified atom stereocenters. The van der Waals surface area contributed by atoms with Crippen molar-refractivity contribution in [1.29, 1.82) is 0 Å². The summed E-state index contributed by atoms with van der Waals surface area (Å²) < 4.78 is 13.1. The molecule has 0 bridgehead atoms. The molecule has 0 spiro atoms. The molecule has 1 heterocycles. The van der Waals surface area contributed by atoms with Crippen LogP contribution in [0.3, 0.4) is 0 Å². The molecule has 0 aliphatic carbocycles. The first kappa shape index (κ1) is 10.2. The second kappa shape index (κ2) is 4.05. The normalized spacial score (nSPS) is 11.1. The maximum Gasteiger partial charge on any atom is 0.123 e. The van der Waals surface area contributed by atoms with Gasteiger partial charge in [0.15, 0.2) is 0 Å². The average Bonchev–Trinajstić information content (AvgIpc) is 2.53. The van der Waals surface area contributed by atoms with E-state index in [9.17, 15) is 4.39 Å². The molecule has 80 valence electrons. The first-order chi connectivity index (χ1) is 7.22. The van der Waals surface area contributed by atoms with E-state index in [2.05, 4.69) is 18.8 Å². The summed E-state index contributed by atoms with van der Waals surface area (Å²) >= 11 is 0. The molecule has 2 heteroatoms. The minimum atomic E-state index is -0.161. The van der Waals surface area contributed by atoms with Crippen molar-refractivity contribution < 1.29 is 4.39 Å². The number of aromatic amines is 1. The lowest BCUT2D eigenvalue weighted by Crippen LogP contribution is -1.86. The first-order valence-corrected chi connectivity index (χ1v) is 5.49. The number of fused-ring (bicyclic) bond motifs is 1. The standard InChI is InChI=1S/C13H16FN/c1-3-4-5-12-9(2)11-8-10(14)6-7-13(11)15-12/h6-8,15H,3-5H2,1-2H3. The van der Waals surface area contributed by atoms with Gasteiger partial charge in [0.1, 0.15) is 5.82 Å². The number of benzene rings is 1. The van der Waals surface area contributed by atoms with Crippen molar-refractivity contribution in [2.75, 3.05) is 0 Å². The third-order valence-corrected chi connectivity index (χ3v) is 2.90. The van der Waals surface area contributed by atoms with Crippen LogP contribution in [0.1, 0.15) is 31.0 Å². The van der Waals surface area contributed by atoms with E-state index in [1.54, 1.807) is 6.07 Å². The predicted octanol–water partition coefficient (Wildman–Crippen LogP) is 3.96. The fourth-order valence-electron chi connectivity index (χ4n) is 1.96. The number of rotatable bonds is 3. The van der Waals surface area contributed by atoms with Crippen molar-refractivity contribution in [3.63, 3.8) is 0 Å². The van der Waals surface area contributed by atoms with Crippen LogP contribution in [0.2, 0.25) is 0 Å². The summed E-state index contributed by atoms with van der Waals surface area (Å²) in [6.45, 7) is 4.24. The summed E-state index contributed by atoms with van der Waals surface area (Å²) in [7, 11) is 0. The van der Waals surface area contributed by atoms with Gasteiger partial charge in [-0.2, -0.15) is 0 Å². The zero-order chi connectivity index (χ0) is 10.8. The van der Waals surface area contributed by atoms with E-state index in [-0.39, 0.29) is 5.82 Å². The zero-order valence-corrected chi connectivity index (χ0v) is 9.23. The summed E-state index contributed by atoms with van der Waals surface area (Å²) in [5.74, 6) is -0.161. The molecule has 2 aromatic rings. The van der Waals surface area contributed by atoms with Crippen LogP contribution in [0, 0.1) is 12.7 Å². The van der Waals surface area contributed by atoms with Gasteiger partial charge in [-0.3, -0.25) is 0 Å². The molecule has 0 aliphatic rings. The largest absolute Gasteiger partial charge is 0.358 e. The van der Waals surface area contributed by atoms with Gasteiger partial charge in [-0.25, -0.2) is 4.39 Å². The van der Waals surface area contributed by atoms with Gasteiger partial charge in [0.25, 0.3) is 0 Å². The Bertz CT molecular complexity index is 471. The Balaban J connectivity index is 2.45. The highest BCUT2D eigenvalue weighted by molar-refractivity contribution is 5.84. The van der Waals surface area contributed by atoms with Crippen LogP contribution in [-0.2, 0) is 6.42 Å². The molecule has 1 aromatic carbocycles. The summed E-state index contributed by atoms with van der Waals surface area (Å²) in [6, 6.07) is 4.92. The topological polar surface area (TPSA) is 15.8 Å². The van der Waals surface area contributed by atoms with Crippen molar-refractivity contribution in [1.82, 2.24) is 4.98 Å². The highest BCUT2D eigenvalue weighted by Gasteiger charge is 2.07. The zero-order valence-electron chi connectivity index (χ0n) is 9.23. The molecule has 2 rings (SSSR count). The molecule has 0 aliphatic heterocycles. The quantitative estimate of drug-likeness (QED) is 0.780. The van der Waals surface area contributed by atoms with Gasteiger partial charge in [-0.1, -0.05) is 13.3 Å². The van der Waals surface area contributed by atoms with Gasteiger partial charge in [0, 0.05) is 16.6 Å². The number of hydrogen-bond donors (Lipinski definition) is 1. The Morgan fingerprint density at radius 3 is 2.87 bits per heavy atom. The minimum Gasteiger partial charge on any atom is -0.358 e. The molecule has 1 nitrogen and oxygen atoms in total.